The lowest BCUT2D eigenvalue weighted by Gasteiger charge is -2.37. The van der Waals surface area contributed by atoms with E-state index in [1.54, 1.807) is 23.6 Å². The molecule has 4 atom stereocenters. The van der Waals surface area contributed by atoms with Gasteiger partial charge in [-0.05, 0) is 49.8 Å². The van der Waals surface area contributed by atoms with Crippen molar-refractivity contribution in [3.05, 3.63) is 68.9 Å². The first kappa shape index (κ1) is 29.6. The third-order valence-corrected chi connectivity index (χ3v) is 10.4. The zero-order chi connectivity index (χ0) is 29.5. The van der Waals surface area contributed by atoms with E-state index in [1.807, 2.05) is 12.1 Å². The number of fused-ring (bicyclic) bond motifs is 1. The number of amides is 2. The molecule has 8 nitrogen and oxygen atoms in total. The summed E-state index contributed by atoms with van der Waals surface area (Å²) in [7, 11) is 1.81. The van der Waals surface area contributed by atoms with Crippen molar-refractivity contribution in [2.24, 2.45) is 0 Å². The Kier molecular flexibility index (Phi) is 8.49. The number of carbonyl (C=O) groups is 2. The summed E-state index contributed by atoms with van der Waals surface area (Å²) in [4.78, 5) is 34.4. The lowest BCUT2D eigenvalue weighted by molar-refractivity contribution is -0.142. The average molecular weight is 608 g/mol. The van der Waals surface area contributed by atoms with Gasteiger partial charge >= 0.3 is 6.18 Å². The van der Waals surface area contributed by atoms with Gasteiger partial charge in [-0.1, -0.05) is 35.4 Å². The topological polar surface area (TPSA) is 94.4 Å². The van der Waals surface area contributed by atoms with Crippen molar-refractivity contribution < 1.29 is 27.3 Å². The SMILES string of the molecule is Cc1cc(C(F)(F)F)nn1CC(=O)N1CCC(c2nc(C(=O)N(C)C3CCCc4ccccc43)cs2)C([S+](C)[O-])C1. The van der Waals surface area contributed by atoms with E-state index in [1.165, 1.54) is 34.3 Å². The third kappa shape index (κ3) is 6.17. The highest BCUT2D eigenvalue weighted by Gasteiger charge is 2.41. The minimum absolute atomic E-state index is 0.0200. The molecular weight excluding hydrogens is 575 g/mol. The Morgan fingerprint density at radius 3 is 2.71 bits per heavy atom. The summed E-state index contributed by atoms with van der Waals surface area (Å²) in [5, 5.41) is 5.58. The van der Waals surface area contributed by atoms with Gasteiger partial charge in [0.15, 0.2) is 5.69 Å². The van der Waals surface area contributed by atoms with Crippen molar-refractivity contribution >= 4 is 34.3 Å². The maximum Gasteiger partial charge on any atom is 0.435 e. The molecule has 3 aromatic rings. The lowest BCUT2D eigenvalue weighted by atomic mass is 9.87. The first-order valence-corrected chi connectivity index (χ1v) is 16.0. The van der Waals surface area contributed by atoms with Gasteiger partial charge in [-0.3, -0.25) is 14.3 Å². The average Bonchev–Trinajstić information content (AvgIpc) is 3.59. The number of halogens is 3. The fourth-order valence-electron chi connectivity index (χ4n) is 5.81. The summed E-state index contributed by atoms with van der Waals surface area (Å²) >= 11 is 0.0463. The van der Waals surface area contributed by atoms with E-state index in [-0.39, 0.29) is 42.6 Å². The van der Waals surface area contributed by atoms with Crippen LogP contribution in [-0.4, -0.2) is 72.6 Å². The van der Waals surface area contributed by atoms with Crippen molar-refractivity contribution in [3.8, 4) is 0 Å². The summed E-state index contributed by atoms with van der Waals surface area (Å²) in [6.07, 6.45) is 0.358. The molecule has 2 aliphatic rings. The molecule has 220 valence electrons. The molecule has 41 heavy (non-hydrogen) atoms. The predicted octanol–water partition coefficient (Wildman–Crippen LogP) is 4.58. The largest absolute Gasteiger partial charge is 0.616 e. The number of aromatic nitrogens is 3. The molecule has 1 aliphatic heterocycles. The smallest absolute Gasteiger partial charge is 0.435 e. The highest BCUT2D eigenvalue weighted by atomic mass is 32.2. The van der Waals surface area contributed by atoms with Crippen LogP contribution in [0.15, 0.2) is 35.7 Å². The number of alkyl halides is 3. The summed E-state index contributed by atoms with van der Waals surface area (Å²) in [6.45, 7) is 1.66. The Balaban J connectivity index is 1.27. The second-order valence-electron chi connectivity index (χ2n) is 10.7. The summed E-state index contributed by atoms with van der Waals surface area (Å²) in [5.41, 5.74) is 1.98. The van der Waals surface area contributed by atoms with Crippen LogP contribution >= 0.6 is 11.3 Å². The van der Waals surface area contributed by atoms with Crippen LogP contribution in [0, 0.1) is 6.92 Å². The summed E-state index contributed by atoms with van der Waals surface area (Å²) in [5.74, 6) is -0.757. The molecule has 2 amide bonds. The first-order valence-electron chi connectivity index (χ1n) is 13.5. The van der Waals surface area contributed by atoms with E-state index in [2.05, 4.69) is 22.2 Å². The van der Waals surface area contributed by atoms with Gasteiger partial charge < -0.3 is 14.4 Å². The first-order chi connectivity index (χ1) is 19.4. The van der Waals surface area contributed by atoms with Crippen molar-refractivity contribution in [2.45, 2.75) is 62.5 Å². The number of rotatable bonds is 6. The van der Waals surface area contributed by atoms with Crippen molar-refractivity contribution in [1.29, 1.82) is 0 Å². The standard InChI is InChI=1S/C28H32F3N5O3S2/c1-17-13-24(28(29,30)31)33-36(17)15-25(37)35-12-11-20(23(14-35)41(3)39)26-32-21(16-40-26)27(38)34(2)22-10-6-8-18-7-4-5-9-19(18)22/h4-5,7,9,13,16,20,22-23H,6,8,10-12,14-15H2,1-3H3. The van der Waals surface area contributed by atoms with Crippen molar-refractivity contribution in [1.82, 2.24) is 24.6 Å². The lowest BCUT2D eigenvalue weighted by Crippen LogP contribution is -2.49. The zero-order valence-corrected chi connectivity index (χ0v) is 24.7. The molecule has 3 heterocycles. The molecule has 1 fully saturated rings. The van der Waals surface area contributed by atoms with Crippen molar-refractivity contribution in [2.75, 3.05) is 26.4 Å². The van der Waals surface area contributed by atoms with E-state index in [0.29, 0.717) is 23.7 Å². The molecule has 0 bridgehead atoms. The minimum Gasteiger partial charge on any atom is -0.616 e. The molecule has 13 heteroatoms. The van der Waals surface area contributed by atoms with Gasteiger partial charge in [0.05, 0.1) is 24.8 Å². The predicted molar refractivity (Wildman–Crippen MR) is 150 cm³/mol. The van der Waals surface area contributed by atoms with Crippen molar-refractivity contribution in [3.63, 3.8) is 0 Å². The highest BCUT2D eigenvalue weighted by molar-refractivity contribution is 7.91. The molecule has 1 aliphatic carbocycles. The van der Waals surface area contributed by atoms with Crippen LogP contribution in [0.2, 0.25) is 0 Å². The van der Waals surface area contributed by atoms with E-state index >= 15 is 0 Å². The van der Waals surface area contributed by atoms with Gasteiger partial charge in [0.2, 0.25) is 5.91 Å². The molecule has 0 saturated carbocycles. The van der Waals surface area contributed by atoms with Crippen LogP contribution in [0.5, 0.6) is 0 Å². The fraction of sp³-hybridized carbons (Fsp3) is 0.500. The van der Waals surface area contributed by atoms with E-state index in [9.17, 15) is 27.3 Å². The Morgan fingerprint density at radius 1 is 1.24 bits per heavy atom. The van der Waals surface area contributed by atoms with Crippen LogP contribution in [0.25, 0.3) is 0 Å². The molecule has 0 N–H and O–H groups in total. The van der Waals surface area contributed by atoms with E-state index < -0.39 is 28.3 Å². The zero-order valence-electron chi connectivity index (χ0n) is 23.1. The van der Waals surface area contributed by atoms with E-state index in [4.69, 9.17) is 0 Å². The molecule has 0 spiro atoms. The molecule has 0 radical (unpaired) electrons. The Hall–Kier alpha value is -2.90. The summed E-state index contributed by atoms with van der Waals surface area (Å²) in [6, 6.07) is 9.09. The minimum atomic E-state index is -4.59. The van der Waals surface area contributed by atoms with Gasteiger partial charge in [-0.15, -0.1) is 11.3 Å². The third-order valence-electron chi connectivity index (χ3n) is 8.08. The van der Waals surface area contributed by atoms with Gasteiger partial charge in [-0.25, -0.2) is 4.98 Å². The number of piperidine rings is 1. The molecule has 4 unspecified atom stereocenters. The molecule has 2 aromatic heterocycles. The van der Waals surface area contributed by atoms with Crippen LogP contribution in [-0.2, 0) is 35.1 Å². The monoisotopic (exact) mass is 607 g/mol. The fourth-order valence-corrected chi connectivity index (χ4v) is 8.01. The maximum absolute atomic E-state index is 13.4. The molecular formula is C28H32F3N5O3S2. The number of hydrogen-bond acceptors (Lipinski definition) is 6. The van der Waals surface area contributed by atoms with Crippen LogP contribution in [0.3, 0.4) is 0 Å². The normalized spacial score (nSPS) is 21.8. The molecule has 5 rings (SSSR count). The van der Waals surface area contributed by atoms with Gasteiger partial charge in [-0.2, -0.15) is 18.3 Å². The number of likely N-dealkylation sites (tertiary alicyclic amines) is 1. The van der Waals surface area contributed by atoms with Gasteiger partial charge in [0.1, 0.15) is 22.5 Å². The number of benzene rings is 1. The number of aryl methyl sites for hydroxylation is 2. The number of nitrogens with zero attached hydrogens (tertiary/aromatic N) is 5. The number of thiazole rings is 1. The quantitative estimate of drug-likeness (QED) is 0.383. The Labute approximate surface area is 243 Å². The van der Waals surface area contributed by atoms with Crippen LogP contribution in [0.1, 0.15) is 69.2 Å². The highest BCUT2D eigenvalue weighted by Crippen LogP contribution is 2.37. The molecule has 1 saturated heterocycles. The van der Waals surface area contributed by atoms with E-state index in [0.717, 1.165) is 30.0 Å². The Morgan fingerprint density at radius 2 is 2.00 bits per heavy atom. The van der Waals surface area contributed by atoms with Crippen LogP contribution < -0.4 is 0 Å². The summed E-state index contributed by atoms with van der Waals surface area (Å²) < 4.78 is 52.9. The number of hydrogen-bond donors (Lipinski definition) is 0. The maximum atomic E-state index is 13.4. The van der Waals surface area contributed by atoms with Gasteiger partial charge in [0, 0.05) is 24.7 Å². The Bertz CT molecular complexity index is 1420. The van der Waals surface area contributed by atoms with Crippen LogP contribution in [0.4, 0.5) is 13.2 Å². The molecule has 1 aromatic carbocycles. The van der Waals surface area contributed by atoms with Gasteiger partial charge in [0.25, 0.3) is 5.91 Å². The second-order valence-corrected chi connectivity index (χ2v) is 13.2. The number of carbonyl (C=O) groups excluding carboxylic acids is 2. The second kappa shape index (κ2) is 11.8.